The van der Waals surface area contributed by atoms with Gasteiger partial charge in [0, 0.05) is 20.4 Å². The molecule has 3 rings (SSSR count). The first-order chi connectivity index (χ1) is 15.0. The molecule has 0 saturated carbocycles. The molecule has 1 unspecified atom stereocenters. The van der Waals surface area contributed by atoms with Gasteiger partial charge < -0.3 is 9.53 Å². The van der Waals surface area contributed by atoms with E-state index in [0.29, 0.717) is 0 Å². The molecule has 33 heavy (non-hydrogen) atoms. The van der Waals surface area contributed by atoms with Crippen LogP contribution in [0.1, 0.15) is 107 Å². The third kappa shape index (κ3) is 5.57. The molecule has 0 radical (unpaired) electrons. The van der Waals surface area contributed by atoms with Crippen LogP contribution in [0, 0.1) is 15.9 Å². The van der Waals surface area contributed by atoms with Crippen LogP contribution in [0.15, 0.2) is 24.3 Å². The molecule has 1 aliphatic carbocycles. The zero-order valence-electron chi connectivity index (χ0n) is 22.1. The Hall–Kier alpha value is -0.763. The summed E-state index contributed by atoms with van der Waals surface area (Å²) < 4.78 is 8.19. The Morgan fingerprint density at radius 3 is 2.24 bits per heavy atom. The van der Waals surface area contributed by atoms with Gasteiger partial charge in [-0.3, -0.25) is 4.98 Å². The van der Waals surface area contributed by atoms with Crippen LogP contribution in [0.3, 0.4) is 0 Å². The van der Waals surface area contributed by atoms with Crippen molar-refractivity contribution in [1.29, 1.82) is 0 Å². The van der Waals surface area contributed by atoms with Gasteiger partial charge >= 0.3 is 0 Å². The van der Waals surface area contributed by atoms with Gasteiger partial charge in [-0.2, -0.15) is 0 Å². The minimum absolute atomic E-state index is 0.00854. The smallest absolute Gasteiger partial charge is 0.192 e. The Kier molecular flexibility index (Phi) is 7.61. The van der Waals surface area contributed by atoms with E-state index in [4.69, 9.17) is 9.41 Å². The number of benzene rings is 1. The zero-order valence-corrected chi connectivity index (χ0v) is 25.3. The highest BCUT2D eigenvalue weighted by Crippen LogP contribution is 2.50. The van der Waals surface area contributed by atoms with Crippen molar-refractivity contribution in [2.45, 2.75) is 104 Å². The number of nitrogens with zero attached hydrogens (tertiary/aromatic N) is 1. The molecule has 2 aromatic rings. The van der Waals surface area contributed by atoms with Crippen LogP contribution in [0.25, 0.3) is 0 Å². The summed E-state index contributed by atoms with van der Waals surface area (Å²) in [6.45, 7) is 22.6. The van der Waals surface area contributed by atoms with Crippen molar-refractivity contribution < 1.29 is 9.53 Å². The summed E-state index contributed by atoms with van der Waals surface area (Å²) in [4.78, 5) is 5.25. The van der Waals surface area contributed by atoms with E-state index < -0.39 is 14.4 Å². The fourth-order valence-corrected chi connectivity index (χ4v) is 6.99. The van der Waals surface area contributed by atoms with Crippen LogP contribution in [-0.4, -0.2) is 18.4 Å². The van der Waals surface area contributed by atoms with Crippen LogP contribution < -0.4 is 0 Å². The molecule has 0 saturated heterocycles. The third-order valence-corrected chi connectivity index (χ3v) is 13.1. The number of rotatable bonds is 5. The zero-order chi connectivity index (χ0) is 24.9. The molecule has 0 fully saturated rings. The van der Waals surface area contributed by atoms with Crippen molar-refractivity contribution >= 4 is 30.9 Å². The van der Waals surface area contributed by atoms with Gasteiger partial charge in [0.25, 0.3) is 0 Å². The van der Waals surface area contributed by atoms with E-state index in [2.05, 4.69) is 103 Å². The number of aliphatic hydroxyl groups is 1. The lowest BCUT2D eigenvalue weighted by Gasteiger charge is -2.44. The second kappa shape index (κ2) is 9.36. The van der Waals surface area contributed by atoms with Crippen LogP contribution in [0.2, 0.25) is 18.1 Å². The maximum Gasteiger partial charge on any atom is 0.192 e. The lowest BCUT2D eigenvalue weighted by molar-refractivity contribution is 0.104. The number of aryl methyl sites for hydroxylation is 1. The minimum atomic E-state index is -1.99. The molecule has 0 bridgehead atoms. The molecule has 1 N–H and O–H groups in total. The van der Waals surface area contributed by atoms with Crippen molar-refractivity contribution in [3.8, 4) is 0 Å². The Morgan fingerprint density at radius 1 is 1.15 bits per heavy atom. The molecule has 1 heterocycles. The molecule has 3 nitrogen and oxygen atoms in total. The van der Waals surface area contributed by atoms with E-state index in [1.807, 2.05) is 12.1 Å². The number of aliphatic hydroxyl groups excluding tert-OH is 1. The van der Waals surface area contributed by atoms with Crippen LogP contribution >= 0.6 is 22.6 Å². The van der Waals surface area contributed by atoms with Crippen molar-refractivity contribution in [3.63, 3.8) is 0 Å². The molecule has 0 amide bonds. The fraction of sp³-hybridized carbons (Fsp3) is 0.607. The van der Waals surface area contributed by atoms with Crippen molar-refractivity contribution in [3.05, 3.63) is 61.5 Å². The highest BCUT2D eigenvalue weighted by molar-refractivity contribution is 14.1. The van der Waals surface area contributed by atoms with Crippen LogP contribution in [0.5, 0.6) is 0 Å². The quantitative estimate of drug-likeness (QED) is 0.287. The molecular weight excluding hydrogens is 537 g/mol. The Bertz CT molecular complexity index is 1010. The highest BCUT2D eigenvalue weighted by atomic mass is 127. The number of fused-ring (bicyclic) bond motifs is 1. The lowest BCUT2D eigenvalue weighted by Crippen LogP contribution is -2.44. The fourth-order valence-electron chi connectivity index (χ4n) is 4.49. The standard InChI is InChI=1S/C28H42INO2Si/c1-17(2)25-23(26(31)19-13-11-18(3)12-14-19)24(29)22-20(30-25)15-28(7,8)16-21(22)32-33(9,10)27(4,5)6/h11-14,17,21,26,31H,15-16H2,1-10H3/t21-,26?/m1/s1. The topological polar surface area (TPSA) is 42.4 Å². The van der Waals surface area contributed by atoms with Gasteiger partial charge in [0.1, 0.15) is 6.10 Å². The minimum Gasteiger partial charge on any atom is -0.410 e. The van der Waals surface area contributed by atoms with Crippen LogP contribution in [0.4, 0.5) is 0 Å². The number of halogens is 1. The summed E-state index contributed by atoms with van der Waals surface area (Å²) in [6, 6.07) is 8.20. The van der Waals surface area contributed by atoms with Gasteiger partial charge in [0.2, 0.25) is 0 Å². The molecule has 1 aliphatic rings. The summed E-state index contributed by atoms with van der Waals surface area (Å²) in [5.41, 5.74) is 6.57. The van der Waals surface area contributed by atoms with Gasteiger partial charge in [-0.15, -0.1) is 0 Å². The molecule has 0 aliphatic heterocycles. The van der Waals surface area contributed by atoms with E-state index >= 15 is 0 Å². The van der Waals surface area contributed by atoms with Gasteiger partial charge in [-0.25, -0.2) is 0 Å². The maximum absolute atomic E-state index is 11.6. The van der Waals surface area contributed by atoms with E-state index in [1.165, 1.54) is 11.1 Å². The summed E-state index contributed by atoms with van der Waals surface area (Å²) in [7, 11) is -1.99. The Morgan fingerprint density at radius 2 is 1.73 bits per heavy atom. The normalized spacial score (nSPS) is 19.5. The van der Waals surface area contributed by atoms with Gasteiger partial charge in [0.15, 0.2) is 8.32 Å². The summed E-state index contributed by atoms with van der Waals surface area (Å²) in [5, 5.41) is 11.7. The molecular formula is C28H42INO2Si. The molecule has 0 spiro atoms. The van der Waals surface area contributed by atoms with Crippen molar-refractivity contribution in [2.75, 3.05) is 0 Å². The van der Waals surface area contributed by atoms with Gasteiger partial charge in [0.05, 0.1) is 11.8 Å². The maximum atomic E-state index is 11.6. The molecule has 5 heteroatoms. The first kappa shape index (κ1) is 26.8. The monoisotopic (exact) mass is 579 g/mol. The van der Waals surface area contributed by atoms with Gasteiger partial charge in [-0.05, 0) is 77.4 Å². The number of hydrogen-bond acceptors (Lipinski definition) is 3. The predicted molar refractivity (Wildman–Crippen MR) is 149 cm³/mol. The van der Waals surface area contributed by atoms with E-state index in [1.54, 1.807) is 0 Å². The van der Waals surface area contributed by atoms with E-state index in [0.717, 1.165) is 38.9 Å². The largest absolute Gasteiger partial charge is 0.410 e. The molecule has 182 valence electrons. The Labute approximate surface area is 216 Å². The molecule has 1 aromatic heterocycles. The number of aromatic nitrogens is 1. The number of hydrogen-bond donors (Lipinski definition) is 1. The highest BCUT2D eigenvalue weighted by Gasteiger charge is 2.44. The molecule has 2 atom stereocenters. The Balaban J connectivity index is 2.21. The summed E-state index contributed by atoms with van der Waals surface area (Å²) in [5.74, 6) is 0.226. The van der Waals surface area contributed by atoms with Gasteiger partial charge in [-0.1, -0.05) is 78.3 Å². The average Bonchev–Trinajstić information content (AvgIpc) is 2.65. The predicted octanol–water partition coefficient (Wildman–Crippen LogP) is 8.24. The van der Waals surface area contributed by atoms with E-state index in [9.17, 15) is 5.11 Å². The lowest BCUT2D eigenvalue weighted by atomic mass is 9.74. The van der Waals surface area contributed by atoms with Crippen molar-refractivity contribution in [1.82, 2.24) is 4.98 Å². The summed E-state index contributed by atoms with van der Waals surface area (Å²) in [6.07, 6.45) is 1.23. The SMILES string of the molecule is Cc1ccc(C(O)c2c(C(C)C)nc3c(c2I)[C@H](O[Si](C)(C)C(C)(C)C)CC(C)(C)C3)cc1. The van der Waals surface area contributed by atoms with E-state index in [-0.39, 0.29) is 22.5 Å². The number of pyridine rings is 1. The first-order valence-electron chi connectivity index (χ1n) is 12.2. The second-order valence-electron chi connectivity index (χ2n) is 12.5. The summed E-state index contributed by atoms with van der Waals surface area (Å²) >= 11 is 2.47. The average molecular weight is 580 g/mol. The second-order valence-corrected chi connectivity index (χ2v) is 18.3. The molecule has 1 aromatic carbocycles. The third-order valence-electron chi connectivity index (χ3n) is 7.48. The first-order valence-corrected chi connectivity index (χ1v) is 16.2. The van der Waals surface area contributed by atoms with Crippen LogP contribution in [-0.2, 0) is 10.8 Å². The van der Waals surface area contributed by atoms with Crippen molar-refractivity contribution in [2.24, 2.45) is 5.41 Å².